The molecule has 4 atom stereocenters. The van der Waals surface area contributed by atoms with Gasteiger partial charge in [0.1, 0.15) is 24.6 Å². The van der Waals surface area contributed by atoms with Gasteiger partial charge in [-0.2, -0.15) is 26.3 Å². The molecule has 0 saturated carbocycles. The highest BCUT2D eigenvalue weighted by molar-refractivity contribution is 5.86. The van der Waals surface area contributed by atoms with Crippen LogP contribution in [0.1, 0.15) is 17.4 Å². The molecule has 1 aromatic carbocycles. The zero-order valence-electron chi connectivity index (χ0n) is 17.1. The van der Waals surface area contributed by atoms with E-state index in [0.29, 0.717) is 12.1 Å². The minimum Gasteiger partial charge on any atom is -0.394 e. The van der Waals surface area contributed by atoms with E-state index in [1.807, 2.05) is 0 Å². The minimum atomic E-state index is -5.12. The highest BCUT2D eigenvalue weighted by atomic mass is 19.4. The molecule has 0 amide bonds. The van der Waals surface area contributed by atoms with Crippen molar-refractivity contribution >= 4 is 16.8 Å². The molecule has 4 heterocycles. The molecule has 0 bridgehead atoms. The first-order valence-corrected chi connectivity index (χ1v) is 9.89. The molecule has 4 aromatic rings. The number of imidazole rings is 1. The number of rotatable bonds is 3. The zero-order chi connectivity index (χ0) is 25.3. The predicted molar refractivity (Wildman–Crippen MR) is 103 cm³/mol. The summed E-state index contributed by atoms with van der Waals surface area (Å²) < 4.78 is 87.6. The molecule has 10 nitrogen and oxygen atoms in total. The lowest BCUT2D eigenvalue weighted by Crippen LogP contribution is -2.33. The smallest absolute Gasteiger partial charge is 0.394 e. The van der Waals surface area contributed by atoms with Gasteiger partial charge in [0.05, 0.1) is 24.1 Å². The minimum absolute atomic E-state index is 0.00119. The molecule has 186 valence electrons. The number of hydrogen-bond acceptors (Lipinski definition) is 8. The van der Waals surface area contributed by atoms with Crippen LogP contribution < -0.4 is 0 Å². The predicted octanol–water partition coefficient (Wildman–Crippen LogP) is 1.79. The summed E-state index contributed by atoms with van der Waals surface area (Å²) in [4.78, 5) is 8.22. The Morgan fingerprint density at radius 2 is 1.66 bits per heavy atom. The van der Waals surface area contributed by atoms with E-state index in [2.05, 4.69) is 20.2 Å². The topological polar surface area (TPSA) is 131 Å². The Hall–Kier alpha value is -3.34. The van der Waals surface area contributed by atoms with Crippen LogP contribution in [0.5, 0.6) is 0 Å². The third-order valence-electron chi connectivity index (χ3n) is 5.66. The van der Waals surface area contributed by atoms with Gasteiger partial charge in [0.15, 0.2) is 28.9 Å². The van der Waals surface area contributed by atoms with Crippen molar-refractivity contribution in [1.29, 1.82) is 0 Å². The van der Waals surface area contributed by atoms with Gasteiger partial charge in [-0.05, 0) is 18.2 Å². The second-order valence-electron chi connectivity index (χ2n) is 7.77. The van der Waals surface area contributed by atoms with Crippen LogP contribution in [0.2, 0.25) is 0 Å². The first-order chi connectivity index (χ1) is 16.4. The number of hydrogen-bond donors (Lipinski definition) is 3. The average Bonchev–Trinajstić information content (AvgIpc) is 3.48. The molecule has 1 fully saturated rings. The highest BCUT2D eigenvalue weighted by Gasteiger charge is 2.44. The van der Waals surface area contributed by atoms with Crippen LogP contribution in [0.4, 0.5) is 26.3 Å². The van der Waals surface area contributed by atoms with Crippen LogP contribution >= 0.6 is 0 Å². The van der Waals surface area contributed by atoms with Crippen molar-refractivity contribution in [3.63, 3.8) is 0 Å². The summed E-state index contributed by atoms with van der Waals surface area (Å²) in [6.45, 7) is -0.568. The van der Waals surface area contributed by atoms with Crippen LogP contribution in [0.3, 0.4) is 0 Å². The lowest BCUT2D eigenvalue weighted by Gasteiger charge is -2.16. The molecular formula is C19H14F6N6O4. The Bertz CT molecular complexity index is 1420. The second-order valence-corrected chi connectivity index (χ2v) is 7.77. The summed E-state index contributed by atoms with van der Waals surface area (Å²) >= 11 is 0. The fraction of sp³-hybridized carbons (Fsp3) is 0.368. The van der Waals surface area contributed by atoms with Gasteiger partial charge in [0, 0.05) is 5.56 Å². The highest BCUT2D eigenvalue weighted by Crippen LogP contribution is 2.41. The largest absolute Gasteiger partial charge is 0.417 e. The maximum atomic E-state index is 13.6. The molecule has 0 spiro atoms. The van der Waals surface area contributed by atoms with Gasteiger partial charge in [-0.3, -0.25) is 8.97 Å². The zero-order valence-corrected chi connectivity index (χ0v) is 17.1. The van der Waals surface area contributed by atoms with Crippen LogP contribution in [-0.4, -0.2) is 69.4 Å². The maximum Gasteiger partial charge on any atom is 0.417 e. The Labute approximate surface area is 190 Å². The van der Waals surface area contributed by atoms with Gasteiger partial charge >= 0.3 is 12.4 Å². The normalized spacial score (nSPS) is 23.6. The van der Waals surface area contributed by atoms with E-state index in [9.17, 15) is 41.7 Å². The summed E-state index contributed by atoms with van der Waals surface area (Å²) in [6.07, 6.45) is -13.0. The molecular weight excluding hydrogens is 490 g/mol. The van der Waals surface area contributed by atoms with E-state index in [0.717, 1.165) is 10.7 Å². The van der Waals surface area contributed by atoms with Crippen LogP contribution in [0, 0.1) is 0 Å². The SMILES string of the molecule is OC[C@H]1O[C@@H](n2cnc3c2ncn2c(-c4ccc(C(F)(F)F)cc4C(F)(F)F)nnc32)[C@H](O)[C@@H]1O. The number of benzene rings is 1. The molecule has 16 heteroatoms. The van der Waals surface area contributed by atoms with Crippen molar-refractivity contribution in [2.24, 2.45) is 0 Å². The van der Waals surface area contributed by atoms with E-state index < -0.39 is 66.0 Å². The molecule has 1 saturated heterocycles. The van der Waals surface area contributed by atoms with Gasteiger partial charge in [0.25, 0.3) is 0 Å². The summed E-state index contributed by atoms with van der Waals surface area (Å²) in [6, 6.07) is 1.16. The first-order valence-electron chi connectivity index (χ1n) is 9.89. The fourth-order valence-corrected chi connectivity index (χ4v) is 3.94. The van der Waals surface area contributed by atoms with Gasteiger partial charge in [-0.25, -0.2) is 9.97 Å². The summed E-state index contributed by atoms with van der Waals surface area (Å²) in [7, 11) is 0. The van der Waals surface area contributed by atoms with E-state index in [1.165, 1.54) is 10.9 Å². The van der Waals surface area contributed by atoms with E-state index in [1.54, 1.807) is 0 Å². The number of alkyl halides is 6. The van der Waals surface area contributed by atoms with Gasteiger partial charge in [-0.1, -0.05) is 0 Å². The van der Waals surface area contributed by atoms with Crippen molar-refractivity contribution in [2.75, 3.05) is 6.61 Å². The average molecular weight is 504 g/mol. The monoisotopic (exact) mass is 504 g/mol. The van der Waals surface area contributed by atoms with Crippen molar-refractivity contribution in [3.8, 4) is 11.4 Å². The number of ether oxygens (including phenoxy) is 1. The third-order valence-corrected chi connectivity index (χ3v) is 5.66. The Balaban J connectivity index is 1.63. The lowest BCUT2D eigenvalue weighted by molar-refractivity contribution is -0.142. The van der Waals surface area contributed by atoms with Crippen molar-refractivity contribution in [2.45, 2.75) is 36.9 Å². The third kappa shape index (κ3) is 3.69. The number of aliphatic hydroxyl groups is 3. The molecule has 35 heavy (non-hydrogen) atoms. The molecule has 3 aromatic heterocycles. The van der Waals surface area contributed by atoms with Crippen LogP contribution in [0.15, 0.2) is 30.9 Å². The molecule has 3 N–H and O–H groups in total. The second kappa shape index (κ2) is 7.84. The van der Waals surface area contributed by atoms with Crippen molar-refractivity contribution in [1.82, 2.24) is 29.1 Å². The Morgan fingerprint density at radius 3 is 2.29 bits per heavy atom. The van der Waals surface area contributed by atoms with E-state index in [-0.39, 0.29) is 22.9 Å². The van der Waals surface area contributed by atoms with Gasteiger partial charge in [-0.15, -0.1) is 10.2 Å². The first kappa shape index (κ1) is 23.4. The number of nitrogens with zero attached hydrogens (tertiary/aromatic N) is 6. The summed E-state index contributed by atoms with van der Waals surface area (Å²) in [5, 5.41) is 37.1. The van der Waals surface area contributed by atoms with Crippen molar-refractivity contribution < 1.29 is 46.4 Å². The summed E-state index contributed by atoms with van der Waals surface area (Å²) in [5.41, 5.74) is -3.65. The quantitative estimate of drug-likeness (QED) is 0.360. The Morgan fingerprint density at radius 1 is 0.914 bits per heavy atom. The molecule has 0 unspecified atom stereocenters. The fourth-order valence-electron chi connectivity index (χ4n) is 3.94. The molecule has 1 aliphatic rings. The molecule has 0 aliphatic carbocycles. The molecule has 5 rings (SSSR count). The number of aliphatic hydroxyl groups excluding tert-OH is 3. The van der Waals surface area contributed by atoms with Gasteiger partial charge < -0.3 is 20.1 Å². The number of fused-ring (bicyclic) bond motifs is 3. The standard InChI is InChI=1S/C19H14F6N6O4/c20-18(21,22)7-1-2-8(9(3-7)19(23,24)25)14-28-29-16-11-15(27-6-30(14)16)31(5-26-11)17-13(34)12(33)10(4-32)35-17/h1-3,5-6,10,12-13,17,32-34H,4H2/t10-,12-,13-,17-/m1/s1. The van der Waals surface area contributed by atoms with E-state index in [4.69, 9.17) is 4.74 Å². The molecule has 1 aliphatic heterocycles. The van der Waals surface area contributed by atoms with Gasteiger partial charge in [0.2, 0.25) is 0 Å². The Kier molecular flexibility index (Phi) is 5.24. The van der Waals surface area contributed by atoms with Crippen LogP contribution in [0.25, 0.3) is 28.2 Å². The number of halogens is 6. The lowest BCUT2D eigenvalue weighted by atomic mass is 10.0. The number of aromatic nitrogens is 6. The van der Waals surface area contributed by atoms with E-state index >= 15 is 0 Å². The summed E-state index contributed by atoms with van der Waals surface area (Å²) in [5.74, 6) is -0.419. The van der Waals surface area contributed by atoms with Crippen molar-refractivity contribution in [3.05, 3.63) is 42.0 Å². The molecule has 0 radical (unpaired) electrons. The maximum absolute atomic E-state index is 13.6. The van der Waals surface area contributed by atoms with Crippen LogP contribution in [-0.2, 0) is 17.1 Å².